The molecule has 0 fully saturated rings. The summed E-state index contributed by atoms with van der Waals surface area (Å²) in [6.07, 6.45) is -1.95. The minimum absolute atomic E-state index is 0.0734. The molecule has 0 aliphatic heterocycles. The summed E-state index contributed by atoms with van der Waals surface area (Å²) in [7, 11) is 1.25. The van der Waals surface area contributed by atoms with Crippen molar-refractivity contribution in [2.24, 2.45) is 10.8 Å². The molecular formula is C31H49NO11. The predicted molar refractivity (Wildman–Crippen MR) is 158 cm³/mol. The first-order valence-corrected chi connectivity index (χ1v) is 14.4. The van der Waals surface area contributed by atoms with Crippen molar-refractivity contribution in [1.29, 1.82) is 0 Å². The van der Waals surface area contributed by atoms with Crippen LogP contribution in [-0.2, 0) is 34.9 Å². The molecule has 0 bridgehead atoms. The van der Waals surface area contributed by atoms with Crippen LogP contribution in [0.3, 0.4) is 0 Å². The van der Waals surface area contributed by atoms with Crippen LogP contribution < -0.4 is 14.8 Å². The molecule has 0 saturated carbocycles. The van der Waals surface area contributed by atoms with Gasteiger partial charge in [0.25, 0.3) is 0 Å². The predicted octanol–water partition coefficient (Wildman–Crippen LogP) is 6.21. The van der Waals surface area contributed by atoms with Crippen LogP contribution in [0.15, 0.2) is 18.2 Å². The summed E-state index contributed by atoms with van der Waals surface area (Å²) in [6, 6.07) is 3.63. The van der Waals surface area contributed by atoms with E-state index in [1.807, 2.05) is 48.5 Å². The number of hydrogen-bond donors (Lipinski definition) is 1. The van der Waals surface area contributed by atoms with Gasteiger partial charge in [0.15, 0.2) is 11.5 Å². The van der Waals surface area contributed by atoms with Crippen molar-refractivity contribution < 1.29 is 52.3 Å². The van der Waals surface area contributed by atoms with Gasteiger partial charge in [-0.15, -0.1) is 0 Å². The molecule has 0 heterocycles. The van der Waals surface area contributed by atoms with Gasteiger partial charge < -0.3 is 38.5 Å². The Morgan fingerprint density at radius 1 is 0.791 bits per heavy atom. The van der Waals surface area contributed by atoms with Gasteiger partial charge in [0.2, 0.25) is 0 Å². The Kier molecular flexibility index (Phi) is 15.3. The van der Waals surface area contributed by atoms with Crippen molar-refractivity contribution in [2.75, 3.05) is 26.9 Å². The highest BCUT2D eigenvalue weighted by Crippen LogP contribution is 2.30. The molecule has 0 aliphatic rings. The third-order valence-electron chi connectivity index (χ3n) is 5.51. The maximum atomic E-state index is 12.6. The Labute approximate surface area is 255 Å². The monoisotopic (exact) mass is 611 g/mol. The van der Waals surface area contributed by atoms with Gasteiger partial charge in [-0.1, -0.05) is 61.0 Å². The number of methoxy groups -OCH3 is 1. The van der Waals surface area contributed by atoms with Crippen molar-refractivity contribution in [3.05, 3.63) is 23.8 Å². The molecule has 1 N–H and O–H groups in total. The lowest BCUT2D eigenvalue weighted by atomic mass is 9.99. The summed E-state index contributed by atoms with van der Waals surface area (Å²) in [5, 5.41) is 3.03. The maximum absolute atomic E-state index is 12.6. The SMILES string of the molecule is CCCC(C)OC(=O)OC(C)CN[C@@H](Cc1ccc(OC(=O)OCC(C)(C)C)c(OC(=O)OCC(C)(C)C)c1)C(=O)OC. The quantitative estimate of drug-likeness (QED) is 0.145. The zero-order chi connectivity index (χ0) is 32.8. The van der Waals surface area contributed by atoms with Gasteiger partial charge in [0.05, 0.1) is 20.3 Å². The summed E-state index contributed by atoms with van der Waals surface area (Å²) in [5.74, 6) is -0.742. The molecule has 0 spiro atoms. The molecule has 3 atom stereocenters. The van der Waals surface area contributed by atoms with Crippen LogP contribution in [0, 0.1) is 10.8 Å². The van der Waals surface area contributed by atoms with Crippen LogP contribution in [0.2, 0.25) is 0 Å². The summed E-state index contributed by atoms with van der Waals surface area (Å²) in [6.45, 7) is 17.1. The molecule has 0 saturated heterocycles. The normalized spacial score (nSPS) is 13.6. The molecule has 1 aromatic carbocycles. The average molecular weight is 612 g/mol. The number of hydrogen-bond acceptors (Lipinski definition) is 12. The number of ether oxygens (including phenoxy) is 7. The Hall–Kier alpha value is -3.54. The van der Waals surface area contributed by atoms with Crippen LogP contribution in [0.25, 0.3) is 0 Å². The second-order valence-corrected chi connectivity index (χ2v) is 12.8. The first kappa shape index (κ1) is 37.5. The van der Waals surface area contributed by atoms with E-state index in [0.717, 1.165) is 6.42 Å². The van der Waals surface area contributed by atoms with E-state index in [1.54, 1.807) is 19.9 Å². The van der Waals surface area contributed by atoms with E-state index < -0.39 is 36.6 Å². The van der Waals surface area contributed by atoms with E-state index in [2.05, 4.69) is 5.32 Å². The second-order valence-electron chi connectivity index (χ2n) is 12.8. The molecule has 43 heavy (non-hydrogen) atoms. The average Bonchev–Trinajstić information content (AvgIpc) is 2.88. The van der Waals surface area contributed by atoms with E-state index in [1.165, 1.54) is 19.2 Å². The van der Waals surface area contributed by atoms with E-state index in [9.17, 15) is 19.2 Å². The van der Waals surface area contributed by atoms with Crippen molar-refractivity contribution >= 4 is 24.4 Å². The fourth-order valence-corrected chi connectivity index (χ4v) is 3.42. The topological polar surface area (TPSA) is 145 Å². The van der Waals surface area contributed by atoms with Gasteiger partial charge in [0, 0.05) is 6.54 Å². The Morgan fingerprint density at radius 3 is 1.84 bits per heavy atom. The summed E-state index contributed by atoms with van der Waals surface area (Å²) in [5.41, 5.74) is -0.0503. The van der Waals surface area contributed by atoms with E-state index in [0.29, 0.717) is 12.0 Å². The largest absolute Gasteiger partial charge is 0.513 e. The summed E-state index contributed by atoms with van der Waals surface area (Å²) < 4.78 is 36.5. The molecule has 1 aromatic rings. The molecule has 2 unspecified atom stereocenters. The Balaban J connectivity index is 3.06. The number of benzene rings is 1. The van der Waals surface area contributed by atoms with Gasteiger partial charge in [-0.2, -0.15) is 0 Å². The molecule has 12 nitrogen and oxygen atoms in total. The fourth-order valence-electron chi connectivity index (χ4n) is 3.42. The first-order valence-electron chi connectivity index (χ1n) is 14.4. The van der Waals surface area contributed by atoms with Gasteiger partial charge in [-0.3, -0.25) is 4.79 Å². The molecule has 0 radical (unpaired) electrons. The third kappa shape index (κ3) is 16.6. The van der Waals surface area contributed by atoms with Crippen LogP contribution >= 0.6 is 0 Å². The molecular weight excluding hydrogens is 562 g/mol. The Bertz CT molecular complexity index is 1060. The lowest BCUT2D eigenvalue weighted by Crippen LogP contribution is -2.43. The number of carbonyl (C=O) groups excluding carboxylic acids is 4. The lowest BCUT2D eigenvalue weighted by Gasteiger charge is -2.21. The van der Waals surface area contributed by atoms with Crippen molar-refractivity contribution in [3.63, 3.8) is 0 Å². The van der Waals surface area contributed by atoms with Gasteiger partial charge >= 0.3 is 24.4 Å². The summed E-state index contributed by atoms with van der Waals surface area (Å²) in [4.78, 5) is 49.4. The van der Waals surface area contributed by atoms with Crippen LogP contribution in [-0.4, -0.2) is 69.6 Å². The van der Waals surface area contributed by atoms with Gasteiger partial charge in [-0.25, -0.2) is 14.4 Å². The van der Waals surface area contributed by atoms with E-state index in [-0.39, 0.29) is 54.6 Å². The number of carbonyl (C=O) groups is 4. The number of rotatable bonds is 14. The van der Waals surface area contributed by atoms with Crippen LogP contribution in [0.5, 0.6) is 11.5 Å². The highest BCUT2D eigenvalue weighted by molar-refractivity contribution is 5.76. The third-order valence-corrected chi connectivity index (χ3v) is 5.51. The van der Waals surface area contributed by atoms with E-state index in [4.69, 9.17) is 33.2 Å². The van der Waals surface area contributed by atoms with Gasteiger partial charge in [0.1, 0.15) is 18.2 Å². The first-order chi connectivity index (χ1) is 19.9. The smallest absolute Gasteiger partial charge is 0.468 e. The maximum Gasteiger partial charge on any atom is 0.513 e. The number of esters is 1. The molecule has 1 rings (SSSR count). The minimum atomic E-state index is -0.992. The van der Waals surface area contributed by atoms with Crippen molar-refractivity contribution in [3.8, 4) is 11.5 Å². The molecule has 0 amide bonds. The number of nitrogens with one attached hydrogen (secondary N) is 1. The minimum Gasteiger partial charge on any atom is -0.468 e. The molecule has 244 valence electrons. The molecule has 0 aliphatic carbocycles. The zero-order valence-electron chi connectivity index (χ0n) is 27.2. The zero-order valence-corrected chi connectivity index (χ0v) is 27.2. The summed E-state index contributed by atoms with van der Waals surface area (Å²) >= 11 is 0. The highest BCUT2D eigenvalue weighted by atomic mass is 16.7. The molecule has 12 heteroatoms. The van der Waals surface area contributed by atoms with Crippen LogP contribution in [0.1, 0.15) is 80.7 Å². The van der Waals surface area contributed by atoms with Crippen molar-refractivity contribution in [2.45, 2.75) is 99.8 Å². The van der Waals surface area contributed by atoms with Crippen LogP contribution in [0.4, 0.5) is 14.4 Å². The van der Waals surface area contributed by atoms with E-state index >= 15 is 0 Å². The highest BCUT2D eigenvalue weighted by Gasteiger charge is 2.25. The standard InChI is InChI=1S/C31H49NO11/c1-11-12-20(2)40-29(36)41-21(3)17-32-23(26(33)37-10)15-22-13-14-24(42-27(34)38-18-30(4,5)6)25(16-22)43-28(35)39-19-31(7,8)9/h13-14,16,20-21,23,32H,11-12,15,17-19H2,1-10H3/t20?,21?,23-/m0/s1. The lowest BCUT2D eigenvalue weighted by molar-refractivity contribution is -0.143. The van der Waals surface area contributed by atoms with Gasteiger partial charge in [-0.05, 0) is 55.2 Å². The Morgan fingerprint density at radius 2 is 1.33 bits per heavy atom. The fraction of sp³-hybridized carbons (Fsp3) is 0.677. The van der Waals surface area contributed by atoms with Crippen molar-refractivity contribution in [1.82, 2.24) is 5.32 Å². The molecule has 0 aromatic heterocycles. The second kappa shape index (κ2) is 17.5.